The summed E-state index contributed by atoms with van der Waals surface area (Å²) in [5, 5.41) is 10.8. The van der Waals surface area contributed by atoms with Crippen molar-refractivity contribution in [2.45, 2.75) is 94.3 Å². The Balaban J connectivity index is 1.86. The topological polar surface area (TPSA) is 81.2 Å². The van der Waals surface area contributed by atoms with Crippen molar-refractivity contribution in [1.29, 1.82) is 0 Å². The van der Waals surface area contributed by atoms with Gasteiger partial charge in [-0.25, -0.2) is 0 Å². The Hall–Kier alpha value is -2.58. The Morgan fingerprint density at radius 3 is 2.28 bits per heavy atom. The third-order valence-electron chi connectivity index (χ3n) is 9.68. The molecule has 0 radical (unpaired) electrons. The summed E-state index contributed by atoms with van der Waals surface area (Å²) in [6, 6.07) is 8.36. The Bertz CT molecular complexity index is 1240. The standard InChI is InChI=1S/C35H51N3O4S/c1-10-19-36(9)29(40)26-27-30(41)38(25(22-39)21-24-15-13-12-14-16-24)28(35(27)18-17-34(26,8)43-35)31(42)37(20-11-2)33(6,7)23-32(3,4)5/h10-16,25-28,39H,1-2,17-23H2,3-9H3/t25-,26+,27+,28?,34-,35?/m1/s1. The lowest BCUT2D eigenvalue weighted by molar-refractivity contribution is -0.149. The Morgan fingerprint density at radius 1 is 1.09 bits per heavy atom. The summed E-state index contributed by atoms with van der Waals surface area (Å²) < 4.78 is -1.23. The van der Waals surface area contributed by atoms with Crippen LogP contribution in [0.15, 0.2) is 55.6 Å². The van der Waals surface area contributed by atoms with E-state index in [0.29, 0.717) is 25.9 Å². The van der Waals surface area contributed by atoms with Gasteiger partial charge in [-0.3, -0.25) is 14.4 Å². The summed E-state index contributed by atoms with van der Waals surface area (Å²) in [4.78, 5) is 49.2. The zero-order valence-corrected chi connectivity index (χ0v) is 28.0. The van der Waals surface area contributed by atoms with Crippen molar-refractivity contribution < 1.29 is 19.5 Å². The highest BCUT2D eigenvalue weighted by atomic mass is 32.2. The first-order valence-corrected chi connectivity index (χ1v) is 16.3. The first kappa shape index (κ1) is 33.3. The molecule has 1 aromatic rings. The predicted molar refractivity (Wildman–Crippen MR) is 174 cm³/mol. The van der Waals surface area contributed by atoms with Crippen molar-refractivity contribution in [1.82, 2.24) is 14.7 Å². The molecular formula is C35H51N3O4S. The summed E-state index contributed by atoms with van der Waals surface area (Å²) in [6.45, 7) is 21.0. The van der Waals surface area contributed by atoms with E-state index in [2.05, 4.69) is 54.7 Å². The molecule has 1 N–H and O–H groups in total. The number of likely N-dealkylation sites (N-methyl/N-ethyl adjacent to an activating group) is 1. The lowest BCUT2D eigenvalue weighted by Crippen LogP contribution is -2.61. The van der Waals surface area contributed by atoms with Crippen molar-refractivity contribution in [2.75, 3.05) is 26.7 Å². The summed E-state index contributed by atoms with van der Waals surface area (Å²) in [5.74, 6) is -1.60. The highest BCUT2D eigenvalue weighted by Gasteiger charge is 2.78. The minimum absolute atomic E-state index is 0.0442. The molecule has 7 nitrogen and oxygen atoms in total. The average molecular weight is 610 g/mol. The smallest absolute Gasteiger partial charge is 0.247 e. The minimum Gasteiger partial charge on any atom is -0.394 e. The predicted octanol–water partition coefficient (Wildman–Crippen LogP) is 4.95. The molecule has 0 aliphatic carbocycles. The number of hydrogen-bond donors (Lipinski definition) is 1. The van der Waals surface area contributed by atoms with E-state index in [-0.39, 0.29) is 29.7 Å². The highest BCUT2D eigenvalue weighted by Crippen LogP contribution is 2.72. The second-order valence-electron chi connectivity index (χ2n) is 14.8. The number of likely N-dealkylation sites (tertiary alicyclic amines) is 1. The fraction of sp³-hybridized carbons (Fsp3) is 0.629. The second kappa shape index (κ2) is 12.1. The van der Waals surface area contributed by atoms with E-state index in [4.69, 9.17) is 0 Å². The molecule has 1 spiro atoms. The molecule has 43 heavy (non-hydrogen) atoms. The van der Waals surface area contributed by atoms with Gasteiger partial charge in [-0.2, -0.15) is 0 Å². The van der Waals surface area contributed by atoms with E-state index in [1.165, 1.54) is 0 Å². The van der Waals surface area contributed by atoms with Crippen LogP contribution in [0.4, 0.5) is 0 Å². The number of carbonyl (C=O) groups excluding carboxylic acids is 3. The molecule has 2 bridgehead atoms. The van der Waals surface area contributed by atoms with E-state index in [9.17, 15) is 14.7 Å². The maximum Gasteiger partial charge on any atom is 0.247 e. The number of fused-ring (bicyclic) bond motifs is 1. The molecule has 6 atom stereocenters. The number of thioether (sulfide) groups is 1. The molecular weight excluding hydrogens is 558 g/mol. The van der Waals surface area contributed by atoms with Crippen molar-refractivity contribution in [3.8, 4) is 0 Å². The number of nitrogens with zero attached hydrogens (tertiary/aromatic N) is 3. The third kappa shape index (κ3) is 5.94. The SMILES string of the molecule is C=CCN(C)C(=O)[C@@H]1[C@H]2C(=O)N([C@@H](CO)Cc3ccccc3)C(C(=O)N(CC=C)C(C)(C)CC(C)(C)C)C23CC[C@@]1(C)S3. The molecule has 3 aliphatic heterocycles. The molecule has 3 heterocycles. The van der Waals surface area contributed by atoms with Gasteiger partial charge >= 0.3 is 0 Å². The van der Waals surface area contributed by atoms with Gasteiger partial charge < -0.3 is 19.8 Å². The maximum atomic E-state index is 15.1. The van der Waals surface area contributed by atoms with Gasteiger partial charge in [-0.15, -0.1) is 24.9 Å². The van der Waals surface area contributed by atoms with Crippen LogP contribution < -0.4 is 0 Å². The van der Waals surface area contributed by atoms with E-state index in [0.717, 1.165) is 18.4 Å². The molecule has 4 rings (SSSR count). The number of amides is 3. The number of benzene rings is 1. The quantitative estimate of drug-likeness (QED) is 0.340. The van der Waals surface area contributed by atoms with E-state index >= 15 is 4.79 Å². The zero-order valence-electron chi connectivity index (χ0n) is 27.1. The van der Waals surface area contributed by atoms with Crippen LogP contribution in [0.25, 0.3) is 0 Å². The van der Waals surface area contributed by atoms with E-state index in [1.54, 1.807) is 40.8 Å². The van der Waals surface area contributed by atoms with Crippen LogP contribution in [-0.2, 0) is 20.8 Å². The van der Waals surface area contributed by atoms with Crippen LogP contribution in [0.1, 0.15) is 66.4 Å². The maximum absolute atomic E-state index is 15.1. The molecule has 2 unspecified atom stereocenters. The molecule has 236 valence electrons. The van der Waals surface area contributed by atoms with Gasteiger partial charge in [0.25, 0.3) is 0 Å². The fourth-order valence-electron chi connectivity index (χ4n) is 8.38. The normalized spacial score (nSPS) is 28.9. The van der Waals surface area contributed by atoms with Gasteiger partial charge in [-0.05, 0) is 57.4 Å². The second-order valence-corrected chi connectivity index (χ2v) is 16.7. The fourth-order valence-corrected chi connectivity index (χ4v) is 10.7. The molecule has 0 saturated carbocycles. The average Bonchev–Trinajstić information content (AvgIpc) is 3.49. The Morgan fingerprint density at radius 2 is 1.72 bits per heavy atom. The monoisotopic (exact) mass is 609 g/mol. The summed E-state index contributed by atoms with van der Waals surface area (Å²) in [7, 11) is 1.75. The van der Waals surface area contributed by atoms with Gasteiger partial charge in [0.2, 0.25) is 17.7 Å². The van der Waals surface area contributed by atoms with E-state index in [1.807, 2.05) is 35.2 Å². The first-order chi connectivity index (χ1) is 20.1. The molecule has 3 aliphatic rings. The summed E-state index contributed by atoms with van der Waals surface area (Å²) in [6.07, 6.45) is 6.02. The lowest BCUT2D eigenvalue weighted by atomic mass is 9.66. The van der Waals surface area contributed by atoms with Crippen LogP contribution >= 0.6 is 11.8 Å². The minimum atomic E-state index is -0.806. The first-order valence-electron chi connectivity index (χ1n) is 15.5. The molecule has 1 aromatic carbocycles. The van der Waals surface area contributed by atoms with Crippen molar-refractivity contribution in [3.05, 3.63) is 61.2 Å². The zero-order chi connectivity index (χ0) is 32.0. The number of aliphatic hydroxyl groups is 1. The lowest BCUT2D eigenvalue weighted by Gasteiger charge is -2.46. The van der Waals surface area contributed by atoms with Crippen LogP contribution in [-0.4, -0.2) is 91.4 Å². The molecule has 0 aromatic heterocycles. The van der Waals surface area contributed by atoms with Crippen LogP contribution in [0, 0.1) is 17.3 Å². The van der Waals surface area contributed by atoms with Gasteiger partial charge in [0.05, 0.1) is 29.2 Å². The third-order valence-corrected chi connectivity index (χ3v) is 11.7. The molecule has 3 amide bonds. The van der Waals surface area contributed by atoms with Crippen molar-refractivity contribution in [2.24, 2.45) is 17.3 Å². The van der Waals surface area contributed by atoms with E-state index < -0.39 is 39.0 Å². The van der Waals surface area contributed by atoms with Crippen LogP contribution in [0.3, 0.4) is 0 Å². The van der Waals surface area contributed by atoms with Crippen LogP contribution in [0.5, 0.6) is 0 Å². The van der Waals surface area contributed by atoms with Crippen molar-refractivity contribution in [3.63, 3.8) is 0 Å². The largest absolute Gasteiger partial charge is 0.394 e. The Kier molecular flexibility index (Phi) is 9.35. The summed E-state index contributed by atoms with van der Waals surface area (Å²) in [5.41, 5.74) is 0.414. The molecule has 8 heteroatoms. The van der Waals surface area contributed by atoms with Gasteiger partial charge in [0.15, 0.2) is 0 Å². The summed E-state index contributed by atoms with van der Waals surface area (Å²) >= 11 is 1.67. The Labute approximate surface area is 262 Å². The number of aliphatic hydroxyl groups excluding tert-OH is 1. The number of hydrogen-bond acceptors (Lipinski definition) is 5. The van der Waals surface area contributed by atoms with Gasteiger partial charge in [-0.1, -0.05) is 63.3 Å². The number of carbonyl (C=O) groups is 3. The molecule has 3 fully saturated rings. The van der Waals surface area contributed by atoms with Crippen molar-refractivity contribution >= 4 is 29.5 Å². The van der Waals surface area contributed by atoms with Gasteiger partial charge in [0.1, 0.15) is 6.04 Å². The molecule has 3 saturated heterocycles. The highest BCUT2D eigenvalue weighted by molar-refractivity contribution is 8.02. The van der Waals surface area contributed by atoms with Gasteiger partial charge in [0, 0.05) is 30.4 Å². The van der Waals surface area contributed by atoms with Crippen LogP contribution in [0.2, 0.25) is 0 Å². The number of rotatable bonds is 12.